The molecular formula is C11H18N2. The van der Waals surface area contributed by atoms with Gasteiger partial charge >= 0.3 is 0 Å². The van der Waals surface area contributed by atoms with Crippen LogP contribution in [0.15, 0.2) is 30.3 Å². The number of para-hydroxylation sites is 1. The fourth-order valence-corrected chi connectivity index (χ4v) is 1.61. The minimum absolute atomic E-state index is 1.24. The van der Waals surface area contributed by atoms with E-state index in [-0.39, 0.29) is 0 Å². The van der Waals surface area contributed by atoms with E-state index in [2.05, 4.69) is 41.0 Å². The summed E-state index contributed by atoms with van der Waals surface area (Å²) in [6.07, 6.45) is 2.71. The number of anilines is 1. The van der Waals surface area contributed by atoms with E-state index in [0.29, 0.717) is 0 Å². The van der Waals surface area contributed by atoms with E-state index in [1.54, 1.807) is 0 Å². The van der Waals surface area contributed by atoms with Crippen LogP contribution in [0.2, 0.25) is 0 Å². The van der Waals surface area contributed by atoms with Crippen LogP contribution < -0.4 is 10.6 Å². The highest BCUT2D eigenvalue weighted by atomic mass is 15.1. The van der Waals surface area contributed by atoms with Gasteiger partial charge in [0.1, 0.15) is 0 Å². The van der Waals surface area contributed by atoms with Crippen molar-refractivity contribution in [2.75, 3.05) is 25.0 Å². The molecule has 2 rings (SSSR count). The highest BCUT2D eigenvalue weighted by molar-refractivity contribution is 5.46. The number of nitrogens with zero attached hydrogens (tertiary/aromatic N) is 1. The van der Waals surface area contributed by atoms with E-state index < -0.39 is 0 Å². The highest BCUT2D eigenvalue weighted by Gasteiger charge is 2.10. The molecule has 1 aromatic carbocycles. The first-order valence-electron chi connectivity index (χ1n) is 4.84. The maximum atomic E-state index is 4.50. The molecule has 0 radical (unpaired) electrons. The third-order valence-electron chi connectivity index (χ3n) is 2.23. The molecular weight excluding hydrogens is 160 g/mol. The molecule has 1 saturated heterocycles. The highest BCUT2D eigenvalue weighted by Crippen LogP contribution is 2.18. The van der Waals surface area contributed by atoms with Crippen LogP contribution >= 0.6 is 0 Å². The smallest absolute Gasteiger partial charge is 0.0366 e. The average molecular weight is 178 g/mol. The number of hydrogen-bond acceptors (Lipinski definition) is 2. The van der Waals surface area contributed by atoms with Gasteiger partial charge in [0.25, 0.3) is 0 Å². The monoisotopic (exact) mass is 178 g/mol. The Morgan fingerprint density at radius 3 is 2.08 bits per heavy atom. The summed E-state index contributed by atoms with van der Waals surface area (Å²) < 4.78 is 0. The van der Waals surface area contributed by atoms with Crippen LogP contribution in [0, 0.1) is 0 Å². The Morgan fingerprint density at radius 1 is 1.00 bits per heavy atom. The molecule has 0 aliphatic carbocycles. The molecule has 13 heavy (non-hydrogen) atoms. The molecule has 2 heteroatoms. The molecule has 2 N–H and O–H groups in total. The van der Waals surface area contributed by atoms with Gasteiger partial charge in [-0.3, -0.25) is 0 Å². The lowest BCUT2D eigenvalue weighted by atomic mass is 10.3. The van der Waals surface area contributed by atoms with E-state index in [1.165, 1.54) is 38.7 Å². The third-order valence-corrected chi connectivity index (χ3v) is 2.23. The van der Waals surface area contributed by atoms with Crippen molar-refractivity contribution in [1.29, 1.82) is 0 Å². The van der Waals surface area contributed by atoms with Crippen molar-refractivity contribution >= 4 is 5.69 Å². The van der Waals surface area contributed by atoms with Crippen LogP contribution in [0.3, 0.4) is 0 Å². The first kappa shape index (κ1) is 10.1. The zero-order chi connectivity index (χ0) is 9.52. The summed E-state index contributed by atoms with van der Waals surface area (Å²) in [7, 11) is 1.50. The molecule has 0 unspecified atom stereocenters. The van der Waals surface area contributed by atoms with Gasteiger partial charge in [-0.1, -0.05) is 18.2 Å². The van der Waals surface area contributed by atoms with E-state index in [0.717, 1.165) is 0 Å². The zero-order valence-corrected chi connectivity index (χ0v) is 8.24. The molecule has 0 bridgehead atoms. The molecule has 0 spiro atoms. The van der Waals surface area contributed by atoms with Gasteiger partial charge in [0, 0.05) is 18.8 Å². The van der Waals surface area contributed by atoms with Crippen LogP contribution in [0.25, 0.3) is 0 Å². The van der Waals surface area contributed by atoms with Crippen LogP contribution in [-0.2, 0) is 0 Å². The molecule has 2 nitrogen and oxygen atoms in total. The Hall–Kier alpha value is -1.02. The molecule has 1 fully saturated rings. The largest absolute Gasteiger partial charge is 0.372 e. The van der Waals surface area contributed by atoms with Gasteiger partial charge < -0.3 is 10.6 Å². The van der Waals surface area contributed by atoms with Crippen LogP contribution in [-0.4, -0.2) is 20.1 Å². The fraction of sp³-hybridized carbons (Fsp3) is 0.455. The maximum absolute atomic E-state index is 4.50. The van der Waals surface area contributed by atoms with E-state index in [4.69, 9.17) is 0 Å². The van der Waals surface area contributed by atoms with Crippen molar-refractivity contribution in [3.8, 4) is 0 Å². The van der Waals surface area contributed by atoms with Crippen molar-refractivity contribution in [3.05, 3.63) is 30.3 Å². The normalized spacial score (nSPS) is 15.1. The lowest BCUT2D eigenvalue weighted by molar-refractivity contribution is 0.949. The van der Waals surface area contributed by atoms with E-state index in [1.807, 2.05) is 0 Å². The quantitative estimate of drug-likeness (QED) is 0.711. The SMILES string of the molecule is CN.c1ccc(N2CCCC2)cc1. The van der Waals surface area contributed by atoms with E-state index in [9.17, 15) is 0 Å². The summed E-state index contributed by atoms with van der Waals surface area (Å²) in [6.45, 7) is 2.48. The minimum Gasteiger partial charge on any atom is -0.372 e. The van der Waals surface area contributed by atoms with Gasteiger partial charge in [0.15, 0.2) is 0 Å². The van der Waals surface area contributed by atoms with Crippen molar-refractivity contribution in [2.45, 2.75) is 12.8 Å². The van der Waals surface area contributed by atoms with Gasteiger partial charge in [0.2, 0.25) is 0 Å². The van der Waals surface area contributed by atoms with Crippen LogP contribution in [0.5, 0.6) is 0 Å². The predicted molar refractivity (Wildman–Crippen MR) is 58.0 cm³/mol. The van der Waals surface area contributed by atoms with Gasteiger partial charge in [0.05, 0.1) is 0 Å². The zero-order valence-electron chi connectivity index (χ0n) is 8.24. The number of benzene rings is 1. The Balaban J connectivity index is 0.000000396. The lowest BCUT2D eigenvalue weighted by Crippen LogP contribution is -2.16. The van der Waals surface area contributed by atoms with Crippen LogP contribution in [0.1, 0.15) is 12.8 Å². The molecule has 1 aliphatic heterocycles. The van der Waals surface area contributed by atoms with Gasteiger partial charge in [-0.15, -0.1) is 0 Å². The van der Waals surface area contributed by atoms with Gasteiger partial charge in [-0.2, -0.15) is 0 Å². The molecule has 1 aromatic rings. The van der Waals surface area contributed by atoms with Crippen molar-refractivity contribution in [2.24, 2.45) is 5.73 Å². The molecule has 1 aliphatic rings. The Bertz CT molecular complexity index is 215. The summed E-state index contributed by atoms with van der Waals surface area (Å²) in [5, 5.41) is 0. The molecule has 1 heterocycles. The number of rotatable bonds is 1. The van der Waals surface area contributed by atoms with Crippen molar-refractivity contribution < 1.29 is 0 Å². The molecule has 0 amide bonds. The number of hydrogen-bond donors (Lipinski definition) is 1. The maximum Gasteiger partial charge on any atom is 0.0366 e. The second-order valence-electron chi connectivity index (χ2n) is 3.03. The van der Waals surface area contributed by atoms with Gasteiger partial charge in [-0.25, -0.2) is 0 Å². The first-order valence-corrected chi connectivity index (χ1v) is 4.84. The number of nitrogens with two attached hydrogens (primary N) is 1. The summed E-state index contributed by atoms with van der Waals surface area (Å²) in [5.74, 6) is 0. The third kappa shape index (κ3) is 2.74. The van der Waals surface area contributed by atoms with Gasteiger partial charge in [-0.05, 0) is 32.0 Å². The van der Waals surface area contributed by atoms with Crippen LogP contribution in [0.4, 0.5) is 5.69 Å². The topological polar surface area (TPSA) is 29.3 Å². The first-order chi connectivity index (χ1) is 6.47. The lowest BCUT2D eigenvalue weighted by Gasteiger charge is -2.16. The molecule has 0 aromatic heterocycles. The summed E-state index contributed by atoms with van der Waals surface area (Å²) >= 11 is 0. The second kappa shape index (κ2) is 5.60. The van der Waals surface area contributed by atoms with Crippen molar-refractivity contribution in [1.82, 2.24) is 0 Å². The average Bonchev–Trinajstić information content (AvgIpc) is 2.75. The van der Waals surface area contributed by atoms with E-state index >= 15 is 0 Å². The summed E-state index contributed by atoms with van der Waals surface area (Å²) in [4.78, 5) is 2.44. The fourth-order valence-electron chi connectivity index (χ4n) is 1.61. The Morgan fingerprint density at radius 2 is 1.54 bits per heavy atom. The second-order valence-corrected chi connectivity index (χ2v) is 3.03. The Labute approximate surface area is 80.4 Å². The summed E-state index contributed by atoms with van der Waals surface area (Å²) in [6, 6.07) is 10.7. The standard InChI is InChI=1S/C10H13N.CH5N/c1-2-6-10(7-3-1)11-8-4-5-9-11;1-2/h1-3,6-7H,4-5,8-9H2;2H2,1H3. The molecule has 0 atom stereocenters. The molecule has 0 saturated carbocycles. The van der Waals surface area contributed by atoms with Crippen molar-refractivity contribution in [3.63, 3.8) is 0 Å². The predicted octanol–water partition coefficient (Wildman–Crippen LogP) is 1.86. The molecule has 72 valence electrons. The summed E-state index contributed by atoms with van der Waals surface area (Å²) in [5.41, 5.74) is 5.88. The minimum atomic E-state index is 1.24. The Kier molecular flexibility index (Phi) is 4.33.